The maximum absolute atomic E-state index is 11.2. The van der Waals surface area contributed by atoms with E-state index in [0.717, 1.165) is 5.56 Å². The fourth-order valence-corrected chi connectivity index (χ4v) is 3.69. The molecule has 0 aliphatic rings. The lowest BCUT2D eigenvalue weighted by Gasteiger charge is -2.07. The Balaban J connectivity index is 1.82. The molecule has 0 unspecified atom stereocenters. The van der Waals surface area contributed by atoms with Gasteiger partial charge < -0.3 is 9.47 Å². The number of ether oxygens (including phenoxy) is 2. The minimum Gasteiger partial charge on any atom is -0.497 e. The van der Waals surface area contributed by atoms with Crippen molar-refractivity contribution in [3.8, 4) is 11.5 Å². The maximum Gasteiger partial charge on any atom is 0.312 e. The zero-order valence-electron chi connectivity index (χ0n) is 17.2. The van der Waals surface area contributed by atoms with Crippen molar-refractivity contribution >= 4 is 23.7 Å². The average Bonchev–Trinajstić information content (AvgIpc) is 3.22. The number of nitrogens with zero attached hydrogens (tertiary/aromatic N) is 7. The number of aromatic nitrogens is 5. The predicted molar refractivity (Wildman–Crippen MR) is 112 cm³/mol. The van der Waals surface area contributed by atoms with Gasteiger partial charge in [-0.05, 0) is 32.9 Å². The molecule has 0 N–H and O–H groups in total. The smallest absolute Gasteiger partial charge is 0.312 e. The number of benzene rings is 1. The molecule has 0 aliphatic carbocycles. The van der Waals surface area contributed by atoms with E-state index >= 15 is 0 Å². The summed E-state index contributed by atoms with van der Waals surface area (Å²) in [6.45, 7) is 5.07. The van der Waals surface area contributed by atoms with Crippen LogP contribution < -0.4 is 9.47 Å². The first-order chi connectivity index (χ1) is 14.3. The number of hydrogen-bond donors (Lipinski definition) is 0. The molecule has 11 nitrogen and oxygen atoms in total. The highest BCUT2D eigenvalue weighted by Crippen LogP contribution is 2.26. The molecule has 1 aromatic carbocycles. The average molecular weight is 431 g/mol. The van der Waals surface area contributed by atoms with Gasteiger partial charge in [-0.2, -0.15) is 14.9 Å². The van der Waals surface area contributed by atoms with E-state index in [4.69, 9.17) is 9.47 Å². The molecule has 0 saturated heterocycles. The first-order valence-corrected chi connectivity index (χ1v) is 9.83. The molecule has 0 radical (unpaired) electrons. The van der Waals surface area contributed by atoms with Crippen LogP contribution in [-0.4, -0.2) is 50.0 Å². The fraction of sp³-hybridized carbons (Fsp3) is 0.333. The Labute approximate surface area is 176 Å². The Kier molecular flexibility index (Phi) is 6.35. The van der Waals surface area contributed by atoms with Gasteiger partial charge in [0.2, 0.25) is 5.16 Å². The van der Waals surface area contributed by atoms with Crippen LogP contribution in [0.25, 0.3) is 0 Å². The first kappa shape index (κ1) is 21.3. The molecule has 30 heavy (non-hydrogen) atoms. The maximum atomic E-state index is 11.2. The van der Waals surface area contributed by atoms with Crippen molar-refractivity contribution in [2.75, 3.05) is 14.2 Å². The summed E-state index contributed by atoms with van der Waals surface area (Å²) in [7, 11) is 3.16. The Morgan fingerprint density at radius 1 is 1.23 bits per heavy atom. The third-order valence-electron chi connectivity index (χ3n) is 4.36. The quantitative estimate of drug-likeness (QED) is 0.231. The van der Waals surface area contributed by atoms with Gasteiger partial charge in [0.05, 0.1) is 31.2 Å². The fourth-order valence-electron chi connectivity index (χ4n) is 2.80. The molecule has 12 heteroatoms. The van der Waals surface area contributed by atoms with Crippen LogP contribution in [0.3, 0.4) is 0 Å². The number of aryl methyl sites for hydroxylation is 2. The van der Waals surface area contributed by atoms with E-state index in [-0.39, 0.29) is 5.69 Å². The van der Waals surface area contributed by atoms with Gasteiger partial charge in [0.15, 0.2) is 5.82 Å². The van der Waals surface area contributed by atoms with E-state index < -0.39 is 4.92 Å². The summed E-state index contributed by atoms with van der Waals surface area (Å²) in [4.78, 5) is 10.8. The SMILES string of the molecule is COc1ccc(/C=N/n2c(C)nnc2SCn2nc(C)c([N+](=O)[O-])c2C)c(OC)c1. The Bertz CT molecular complexity index is 1110. The monoisotopic (exact) mass is 431 g/mol. The normalized spacial score (nSPS) is 11.2. The van der Waals surface area contributed by atoms with Crippen molar-refractivity contribution in [1.82, 2.24) is 24.7 Å². The standard InChI is InChI=1S/C18H21N7O4S/c1-11-17(25(26)27)12(2)23(22-11)10-30-18-21-20-13(3)24(18)19-9-14-6-7-15(28-4)8-16(14)29-5/h6-9H,10H2,1-5H3/b19-9+. The largest absolute Gasteiger partial charge is 0.497 e. The van der Waals surface area contributed by atoms with Crippen LogP contribution in [0.15, 0.2) is 28.5 Å². The summed E-state index contributed by atoms with van der Waals surface area (Å²) in [6, 6.07) is 5.42. The first-order valence-electron chi connectivity index (χ1n) is 8.85. The van der Waals surface area contributed by atoms with E-state index in [1.54, 1.807) is 56.6 Å². The van der Waals surface area contributed by atoms with Crippen molar-refractivity contribution in [3.63, 3.8) is 0 Å². The van der Waals surface area contributed by atoms with Gasteiger partial charge in [-0.3, -0.25) is 14.8 Å². The number of rotatable bonds is 8. The second kappa shape index (κ2) is 8.95. The van der Waals surface area contributed by atoms with Crippen LogP contribution in [0, 0.1) is 30.9 Å². The van der Waals surface area contributed by atoms with Gasteiger partial charge in [0.25, 0.3) is 0 Å². The summed E-state index contributed by atoms with van der Waals surface area (Å²) in [5, 5.41) is 28.7. The molecule has 2 aromatic heterocycles. The van der Waals surface area contributed by atoms with Crippen molar-refractivity contribution in [2.24, 2.45) is 5.10 Å². The predicted octanol–water partition coefficient (Wildman–Crippen LogP) is 2.96. The molecule has 158 valence electrons. The van der Waals surface area contributed by atoms with E-state index in [2.05, 4.69) is 20.4 Å². The highest BCUT2D eigenvalue weighted by atomic mass is 32.2. The number of nitro groups is 1. The summed E-state index contributed by atoms with van der Waals surface area (Å²) >= 11 is 1.32. The Morgan fingerprint density at radius 3 is 2.63 bits per heavy atom. The van der Waals surface area contributed by atoms with Crippen LogP contribution in [-0.2, 0) is 5.88 Å². The molecule has 0 fully saturated rings. The Morgan fingerprint density at radius 2 is 2.00 bits per heavy atom. The van der Waals surface area contributed by atoms with Crippen LogP contribution in [0.5, 0.6) is 11.5 Å². The molecule has 3 rings (SSSR count). The van der Waals surface area contributed by atoms with E-state index in [9.17, 15) is 10.1 Å². The minimum atomic E-state index is -0.419. The highest BCUT2D eigenvalue weighted by Gasteiger charge is 2.22. The van der Waals surface area contributed by atoms with Crippen molar-refractivity contribution in [1.29, 1.82) is 0 Å². The van der Waals surface area contributed by atoms with Crippen molar-refractivity contribution < 1.29 is 14.4 Å². The zero-order valence-corrected chi connectivity index (χ0v) is 18.0. The van der Waals surface area contributed by atoms with Crippen molar-refractivity contribution in [3.05, 3.63) is 51.1 Å². The second-order valence-electron chi connectivity index (χ2n) is 6.24. The van der Waals surface area contributed by atoms with Gasteiger partial charge in [0, 0.05) is 11.6 Å². The summed E-state index contributed by atoms with van der Waals surface area (Å²) in [6.07, 6.45) is 1.65. The van der Waals surface area contributed by atoms with Gasteiger partial charge in [-0.1, -0.05) is 11.8 Å². The summed E-state index contributed by atoms with van der Waals surface area (Å²) in [5.41, 5.74) is 1.65. The molecular weight excluding hydrogens is 410 g/mol. The zero-order chi connectivity index (χ0) is 21.8. The summed E-state index contributed by atoms with van der Waals surface area (Å²) in [5.74, 6) is 2.23. The van der Waals surface area contributed by atoms with Gasteiger partial charge >= 0.3 is 5.69 Å². The van der Waals surface area contributed by atoms with Gasteiger partial charge in [0.1, 0.15) is 22.9 Å². The molecule has 0 saturated carbocycles. The van der Waals surface area contributed by atoms with Crippen LogP contribution in [0.4, 0.5) is 5.69 Å². The molecule has 0 amide bonds. The molecule has 2 heterocycles. The van der Waals surface area contributed by atoms with Crippen LogP contribution in [0.2, 0.25) is 0 Å². The molecule has 0 atom stereocenters. The second-order valence-corrected chi connectivity index (χ2v) is 7.16. The van der Waals surface area contributed by atoms with E-state index in [1.165, 1.54) is 11.8 Å². The molecule has 0 spiro atoms. The van der Waals surface area contributed by atoms with E-state index in [1.807, 2.05) is 12.1 Å². The lowest BCUT2D eigenvalue weighted by Crippen LogP contribution is -2.03. The van der Waals surface area contributed by atoms with Crippen LogP contribution in [0.1, 0.15) is 22.8 Å². The summed E-state index contributed by atoms with van der Waals surface area (Å²) < 4.78 is 13.8. The highest BCUT2D eigenvalue weighted by molar-refractivity contribution is 7.98. The molecular formula is C18H21N7O4S. The lowest BCUT2D eigenvalue weighted by molar-refractivity contribution is -0.386. The van der Waals surface area contributed by atoms with Gasteiger partial charge in [-0.25, -0.2) is 0 Å². The third-order valence-corrected chi connectivity index (χ3v) is 5.25. The third kappa shape index (κ3) is 4.27. The van der Waals surface area contributed by atoms with E-state index in [0.29, 0.717) is 39.7 Å². The number of hydrogen-bond acceptors (Lipinski definition) is 9. The topological polar surface area (TPSA) is 122 Å². The minimum absolute atomic E-state index is 0.0258. The van der Waals surface area contributed by atoms with Crippen LogP contribution >= 0.6 is 11.8 Å². The number of thioether (sulfide) groups is 1. The van der Waals surface area contributed by atoms with Crippen molar-refractivity contribution in [2.45, 2.75) is 31.8 Å². The Hall–Kier alpha value is -3.41. The van der Waals surface area contributed by atoms with Gasteiger partial charge in [-0.15, -0.1) is 10.2 Å². The molecule has 3 aromatic rings. The number of methoxy groups -OCH3 is 2. The molecule has 0 aliphatic heterocycles. The lowest BCUT2D eigenvalue weighted by atomic mass is 10.2. The molecule has 0 bridgehead atoms.